The first-order chi connectivity index (χ1) is 9.38. The monoisotopic (exact) mass is 276 g/mol. The summed E-state index contributed by atoms with van der Waals surface area (Å²) < 4.78 is 0. The number of carbonyl (C=O) groups is 1. The molecular weight excluding hydrogens is 252 g/mol. The molecule has 1 aromatic heterocycles. The van der Waals surface area contributed by atoms with E-state index in [-0.39, 0.29) is 5.92 Å². The Labute approximate surface area is 120 Å². The summed E-state index contributed by atoms with van der Waals surface area (Å²) in [6.07, 6.45) is 2.37. The first-order valence-corrected chi connectivity index (χ1v) is 7.40. The van der Waals surface area contributed by atoms with Gasteiger partial charge in [0, 0.05) is 18.3 Å². The van der Waals surface area contributed by atoms with Crippen molar-refractivity contribution < 1.29 is 9.90 Å². The molecule has 0 saturated carbocycles. The van der Waals surface area contributed by atoms with Crippen LogP contribution in [-0.2, 0) is 0 Å². The second kappa shape index (κ2) is 5.81. The maximum Gasteiger partial charge on any atom is 0.335 e. The van der Waals surface area contributed by atoms with Gasteiger partial charge >= 0.3 is 5.97 Å². The van der Waals surface area contributed by atoms with Gasteiger partial charge in [-0.15, -0.1) is 0 Å². The number of carboxylic acids is 1. The van der Waals surface area contributed by atoms with Crippen LogP contribution in [0.1, 0.15) is 62.5 Å². The molecule has 1 aliphatic heterocycles. The number of carboxylic acid groups (broad SMARTS) is 1. The van der Waals surface area contributed by atoms with E-state index < -0.39 is 5.97 Å². The van der Waals surface area contributed by atoms with Crippen molar-refractivity contribution in [3.05, 3.63) is 23.4 Å². The summed E-state index contributed by atoms with van der Waals surface area (Å²) in [4.78, 5) is 18.3. The zero-order valence-electron chi connectivity index (χ0n) is 12.8. The second-order valence-electron chi connectivity index (χ2n) is 6.28. The number of aromatic carboxylic acids is 1. The molecule has 2 heterocycles. The molecule has 0 aromatic carbocycles. The minimum atomic E-state index is -0.881. The van der Waals surface area contributed by atoms with Crippen LogP contribution < -0.4 is 4.90 Å². The third-order valence-electron chi connectivity index (χ3n) is 4.08. The second-order valence-corrected chi connectivity index (χ2v) is 6.28. The molecule has 1 fully saturated rings. The highest BCUT2D eigenvalue weighted by atomic mass is 16.4. The van der Waals surface area contributed by atoms with E-state index >= 15 is 0 Å². The number of anilines is 1. The fourth-order valence-corrected chi connectivity index (χ4v) is 2.71. The van der Waals surface area contributed by atoms with Crippen molar-refractivity contribution in [2.24, 2.45) is 5.92 Å². The molecule has 20 heavy (non-hydrogen) atoms. The van der Waals surface area contributed by atoms with Crippen LogP contribution in [0, 0.1) is 5.92 Å². The lowest BCUT2D eigenvalue weighted by molar-refractivity contribution is 0.0696. The minimum Gasteiger partial charge on any atom is -0.478 e. The summed E-state index contributed by atoms with van der Waals surface area (Å²) in [5.41, 5.74) is 1.19. The van der Waals surface area contributed by atoms with E-state index in [9.17, 15) is 9.90 Å². The number of pyridine rings is 1. The Hall–Kier alpha value is -1.58. The molecule has 0 bridgehead atoms. The van der Waals surface area contributed by atoms with E-state index in [1.165, 1.54) is 6.42 Å². The predicted molar refractivity (Wildman–Crippen MR) is 80.5 cm³/mol. The molecule has 2 unspecified atom stereocenters. The standard InChI is InChI=1S/C16H24N2O2/c1-10(2)14-7-13(16(19)20)8-15(17-14)18-9-11(3)5-6-12(18)4/h7-8,10-12H,5-6,9H2,1-4H3,(H,19,20). The van der Waals surface area contributed by atoms with Crippen molar-refractivity contribution in [1.82, 2.24) is 4.98 Å². The molecule has 2 atom stereocenters. The van der Waals surface area contributed by atoms with Gasteiger partial charge < -0.3 is 10.0 Å². The smallest absolute Gasteiger partial charge is 0.335 e. The Bertz CT molecular complexity index is 499. The topological polar surface area (TPSA) is 53.4 Å². The molecule has 1 N–H and O–H groups in total. The molecule has 0 radical (unpaired) electrons. The van der Waals surface area contributed by atoms with Gasteiger partial charge in [-0.2, -0.15) is 0 Å². The van der Waals surface area contributed by atoms with E-state index in [1.54, 1.807) is 12.1 Å². The fraction of sp³-hybridized carbons (Fsp3) is 0.625. The van der Waals surface area contributed by atoms with Gasteiger partial charge in [-0.1, -0.05) is 20.8 Å². The van der Waals surface area contributed by atoms with Crippen molar-refractivity contribution in [2.45, 2.75) is 52.5 Å². The third-order valence-corrected chi connectivity index (χ3v) is 4.08. The van der Waals surface area contributed by atoms with Crippen molar-refractivity contribution in [3.63, 3.8) is 0 Å². The van der Waals surface area contributed by atoms with Crippen LogP contribution in [0.5, 0.6) is 0 Å². The Morgan fingerprint density at radius 3 is 2.65 bits per heavy atom. The summed E-state index contributed by atoms with van der Waals surface area (Å²) in [5, 5.41) is 9.29. The number of nitrogens with zero attached hydrogens (tertiary/aromatic N) is 2. The van der Waals surface area contributed by atoms with Crippen LogP contribution in [0.25, 0.3) is 0 Å². The first-order valence-electron chi connectivity index (χ1n) is 7.40. The van der Waals surface area contributed by atoms with E-state index in [2.05, 4.69) is 23.7 Å². The highest BCUT2D eigenvalue weighted by Crippen LogP contribution is 2.28. The molecule has 2 rings (SSSR count). The molecule has 0 spiro atoms. The molecule has 1 aromatic rings. The molecule has 1 aliphatic rings. The van der Waals surface area contributed by atoms with Gasteiger partial charge in [-0.25, -0.2) is 9.78 Å². The molecule has 0 amide bonds. The molecule has 1 saturated heterocycles. The lowest BCUT2D eigenvalue weighted by Gasteiger charge is -2.38. The van der Waals surface area contributed by atoms with Crippen LogP contribution in [0.4, 0.5) is 5.82 Å². The highest BCUT2D eigenvalue weighted by Gasteiger charge is 2.25. The zero-order valence-corrected chi connectivity index (χ0v) is 12.8. The van der Waals surface area contributed by atoms with E-state index in [4.69, 9.17) is 0 Å². The molecule has 4 nitrogen and oxygen atoms in total. The van der Waals surface area contributed by atoms with Crippen molar-refractivity contribution >= 4 is 11.8 Å². The minimum absolute atomic E-state index is 0.227. The molecule has 0 aliphatic carbocycles. The number of piperidine rings is 1. The largest absolute Gasteiger partial charge is 0.478 e. The van der Waals surface area contributed by atoms with Gasteiger partial charge in [-0.3, -0.25) is 0 Å². The lowest BCUT2D eigenvalue weighted by atomic mass is 9.95. The maximum absolute atomic E-state index is 11.3. The maximum atomic E-state index is 11.3. The first kappa shape index (κ1) is 14.8. The van der Waals surface area contributed by atoms with Crippen LogP contribution in [0.2, 0.25) is 0 Å². The Morgan fingerprint density at radius 2 is 2.05 bits per heavy atom. The summed E-state index contributed by atoms with van der Waals surface area (Å²) in [5.74, 6) is 0.787. The highest BCUT2D eigenvalue weighted by molar-refractivity contribution is 5.88. The van der Waals surface area contributed by atoms with Crippen molar-refractivity contribution in [3.8, 4) is 0 Å². The lowest BCUT2D eigenvalue weighted by Crippen LogP contribution is -2.41. The van der Waals surface area contributed by atoms with Crippen molar-refractivity contribution in [2.75, 3.05) is 11.4 Å². The van der Waals surface area contributed by atoms with Gasteiger partial charge in [0.05, 0.1) is 5.56 Å². The average molecular weight is 276 g/mol. The van der Waals surface area contributed by atoms with E-state index in [0.29, 0.717) is 17.5 Å². The van der Waals surface area contributed by atoms with E-state index in [0.717, 1.165) is 24.5 Å². The summed E-state index contributed by atoms with van der Waals surface area (Å²) in [6, 6.07) is 3.82. The SMILES string of the molecule is CC1CCC(C)N(c2cc(C(=O)O)cc(C(C)C)n2)C1. The van der Waals surface area contributed by atoms with Gasteiger partial charge in [0.2, 0.25) is 0 Å². The Balaban J connectivity index is 2.41. The Kier molecular flexibility index (Phi) is 4.31. The van der Waals surface area contributed by atoms with E-state index in [1.807, 2.05) is 13.8 Å². The number of rotatable bonds is 3. The van der Waals surface area contributed by atoms with Crippen molar-refractivity contribution in [1.29, 1.82) is 0 Å². The summed E-state index contributed by atoms with van der Waals surface area (Å²) >= 11 is 0. The van der Waals surface area contributed by atoms with Crippen LogP contribution in [0.15, 0.2) is 12.1 Å². The fourth-order valence-electron chi connectivity index (χ4n) is 2.71. The van der Waals surface area contributed by atoms with Crippen LogP contribution in [-0.4, -0.2) is 28.6 Å². The molecular formula is C16H24N2O2. The normalized spacial score (nSPS) is 23.1. The van der Waals surface area contributed by atoms with Crippen LogP contribution in [0.3, 0.4) is 0 Å². The molecule has 4 heteroatoms. The van der Waals surface area contributed by atoms with Crippen LogP contribution >= 0.6 is 0 Å². The Morgan fingerprint density at radius 1 is 1.35 bits per heavy atom. The molecule has 110 valence electrons. The van der Waals surface area contributed by atoms with Gasteiger partial charge in [0.15, 0.2) is 0 Å². The number of hydrogen-bond donors (Lipinski definition) is 1. The zero-order chi connectivity index (χ0) is 14.9. The van der Waals surface area contributed by atoms with Gasteiger partial charge in [-0.05, 0) is 43.7 Å². The number of aromatic nitrogens is 1. The van der Waals surface area contributed by atoms with Gasteiger partial charge in [0.1, 0.15) is 5.82 Å². The summed E-state index contributed by atoms with van der Waals surface area (Å²) in [7, 11) is 0. The number of hydrogen-bond acceptors (Lipinski definition) is 3. The third kappa shape index (κ3) is 3.11. The van der Waals surface area contributed by atoms with Gasteiger partial charge in [0.25, 0.3) is 0 Å². The predicted octanol–water partition coefficient (Wildman–Crippen LogP) is 3.53. The summed E-state index contributed by atoms with van der Waals surface area (Å²) in [6.45, 7) is 9.47. The average Bonchev–Trinajstić information content (AvgIpc) is 2.40. The quantitative estimate of drug-likeness (QED) is 0.917.